The lowest BCUT2D eigenvalue weighted by Gasteiger charge is -2.34. The minimum absolute atomic E-state index is 0.115. The summed E-state index contributed by atoms with van der Waals surface area (Å²) in [5, 5.41) is 5.14. The van der Waals surface area contributed by atoms with E-state index >= 15 is 0 Å². The van der Waals surface area contributed by atoms with Crippen LogP contribution in [0, 0.1) is 0 Å². The van der Waals surface area contributed by atoms with Crippen molar-refractivity contribution in [2.24, 2.45) is 5.10 Å². The Morgan fingerprint density at radius 1 is 1.00 bits per heavy atom. The lowest BCUT2D eigenvalue weighted by atomic mass is 10.1. The van der Waals surface area contributed by atoms with Gasteiger partial charge in [0.1, 0.15) is 0 Å². The summed E-state index contributed by atoms with van der Waals surface area (Å²) in [5.74, 6) is -0.115. The van der Waals surface area contributed by atoms with Crippen LogP contribution in [0.5, 0.6) is 0 Å². The fourth-order valence-corrected chi connectivity index (χ4v) is 3.42. The quantitative estimate of drug-likeness (QED) is 0.575. The Hall–Kier alpha value is -1.92. The molecule has 0 spiro atoms. The molecule has 2 aromatic rings. The molecule has 0 unspecified atom stereocenters. The van der Waals surface area contributed by atoms with Gasteiger partial charge in [0.15, 0.2) is 0 Å². The predicted octanol–water partition coefficient (Wildman–Crippen LogP) is 3.65. The summed E-state index contributed by atoms with van der Waals surface area (Å²) in [6.45, 7) is 6.76. The molecule has 148 valence electrons. The minimum Gasteiger partial charge on any atom is -0.297 e. The number of benzene rings is 2. The summed E-state index contributed by atoms with van der Waals surface area (Å²) in [6, 6.07) is 15.7. The normalized spacial score (nSPS) is 16.2. The van der Waals surface area contributed by atoms with Crippen molar-refractivity contribution in [3.05, 3.63) is 69.7 Å². The Bertz CT molecular complexity index is 834. The first-order chi connectivity index (χ1) is 13.5. The molecule has 2 aromatic carbocycles. The first-order valence-corrected chi connectivity index (χ1v) is 10.0. The second-order valence-electron chi connectivity index (χ2n) is 6.90. The monoisotopic (exact) mass is 418 g/mol. The zero-order valence-electron chi connectivity index (χ0n) is 15.9. The van der Waals surface area contributed by atoms with Crippen molar-refractivity contribution in [1.29, 1.82) is 0 Å². The number of nitrogens with zero attached hydrogens (tertiary/aromatic N) is 3. The van der Waals surface area contributed by atoms with E-state index in [4.69, 9.17) is 23.2 Å². The van der Waals surface area contributed by atoms with Crippen molar-refractivity contribution >= 4 is 34.8 Å². The summed E-state index contributed by atoms with van der Waals surface area (Å²) in [5.41, 5.74) is 5.45. The molecule has 1 aliphatic rings. The molecular formula is C21H24Cl2N4O. The van der Waals surface area contributed by atoms with E-state index in [9.17, 15) is 4.79 Å². The molecule has 1 fully saturated rings. The van der Waals surface area contributed by atoms with Crippen molar-refractivity contribution in [3.63, 3.8) is 0 Å². The number of rotatable bonds is 6. The number of hydrogen-bond acceptors (Lipinski definition) is 4. The van der Waals surface area contributed by atoms with E-state index < -0.39 is 0 Å². The lowest BCUT2D eigenvalue weighted by Crippen LogP contribution is -2.48. The Balaban J connectivity index is 1.43. The molecule has 0 saturated carbocycles. The highest BCUT2D eigenvalue weighted by atomic mass is 35.5. The van der Waals surface area contributed by atoms with Crippen molar-refractivity contribution in [2.75, 3.05) is 32.7 Å². The van der Waals surface area contributed by atoms with Crippen molar-refractivity contribution in [3.8, 4) is 0 Å². The highest BCUT2D eigenvalue weighted by molar-refractivity contribution is 6.42. The fourth-order valence-electron chi connectivity index (χ4n) is 3.12. The molecule has 0 aromatic heterocycles. The average molecular weight is 419 g/mol. The van der Waals surface area contributed by atoms with Gasteiger partial charge in [0.2, 0.25) is 0 Å². The lowest BCUT2D eigenvalue weighted by molar-refractivity contribution is -0.122. The van der Waals surface area contributed by atoms with E-state index in [1.54, 1.807) is 12.1 Å². The zero-order valence-corrected chi connectivity index (χ0v) is 17.4. The van der Waals surface area contributed by atoms with Gasteiger partial charge in [-0.05, 0) is 30.2 Å². The van der Waals surface area contributed by atoms with E-state index in [2.05, 4.69) is 44.6 Å². The summed E-state index contributed by atoms with van der Waals surface area (Å²) >= 11 is 12.0. The molecule has 0 radical (unpaired) electrons. The number of hydrazone groups is 1. The van der Waals surface area contributed by atoms with Crippen LogP contribution in [-0.2, 0) is 11.3 Å². The van der Waals surface area contributed by atoms with E-state index in [0.29, 0.717) is 22.3 Å². The summed E-state index contributed by atoms with van der Waals surface area (Å²) in [6.07, 6.45) is 0. The maximum absolute atomic E-state index is 12.2. The van der Waals surface area contributed by atoms with Gasteiger partial charge in [-0.25, -0.2) is 5.43 Å². The van der Waals surface area contributed by atoms with Crippen molar-refractivity contribution in [2.45, 2.75) is 13.5 Å². The second kappa shape index (κ2) is 10.0. The molecule has 1 N–H and O–H groups in total. The predicted molar refractivity (Wildman–Crippen MR) is 115 cm³/mol. The van der Waals surface area contributed by atoms with Crippen LogP contribution < -0.4 is 5.43 Å². The van der Waals surface area contributed by atoms with Gasteiger partial charge in [0.05, 0.1) is 22.3 Å². The maximum Gasteiger partial charge on any atom is 0.254 e. The Kier molecular flexibility index (Phi) is 7.45. The Labute approximate surface area is 175 Å². The number of carbonyl (C=O) groups excluding carboxylic acids is 1. The number of nitrogens with one attached hydrogen (secondary N) is 1. The van der Waals surface area contributed by atoms with E-state index in [1.165, 1.54) is 5.56 Å². The van der Waals surface area contributed by atoms with E-state index in [1.807, 2.05) is 19.1 Å². The van der Waals surface area contributed by atoms with Crippen LogP contribution in [0.15, 0.2) is 53.6 Å². The third-order valence-electron chi connectivity index (χ3n) is 4.77. The number of amides is 1. The van der Waals surface area contributed by atoms with Gasteiger partial charge in [-0.15, -0.1) is 0 Å². The molecule has 0 aliphatic carbocycles. The third kappa shape index (κ3) is 6.04. The van der Waals surface area contributed by atoms with Gasteiger partial charge >= 0.3 is 0 Å². The molecule has 1 aliphatic heterocycles. The molecule has 0 bridgehead atoms. The highest BCUT2D eigenvalue weighted by Crippen LogP contribution is 2.22. The topological polar surface area (TPSA) is 47.9 Å². The smallest absolute Gasteiger partial charge is 0.254 e. The standard InChI is InChI=1S/C21H24Cl2N4O/c1-16(18-7-8-19(22)20(23)13-18)24-25-21(28)15-27-11-9-26(10-12-27)14-17-5-3-2-4-6-17/h2-8,13H,9-12,14-15H2,1H3,(H,25,28)/b24-16+. The number of carbonyl (C=O) groups is 1. The minimum atomic E-state index is -0.115. The SMILES string of the molecule is C/C(=N\NC(=O)CN1CCN(Cc2ccccc2)CC1)c1ccc(Cl)c(Cl)c1. The molecule has 28 heavy (non-hydrogen) atoms. The van der Waals surface area contributed by atoms with Gasteiger partial charge in [0.25, 0.3) is 5.91 Å². The van der Waals surface area contributed by atoms with Crippen LogP contribution in [0.25, 0.3) is 0 Å². The van der Waals surface area contributed by atoms with Crippen LogP contribution in [-0.4, -0.2) is 54.1 Å². The number of piperazine rings is 1. The molecule has 3 rings (SSSR count). The average Bonchev–Trinajstić information content (AvgIpc) is 2.70. The van der Waals surface area contributed by atoms with Gasteiger partial charge in [-0.2, -0.15) is 5.10 Å². The largest absolute Gasteiger partial charge is 0.297 e. The molecule has 5 nitrogen and oxygen atoms in total. The zero-order chi connectivity index (χ0) is 19.9. The summed E-state index contributed by atoms with van der Waals surface area (Å²) in [7, 11) is 0. The van der Waals surface area contributed by atoms with Gasteiger partial charge in [-0.3, -0.25) is 14.6 Å². The van der Waals surface area contributed by atoms with Gasteiger partial charge in [0, 0.05) is 32.7 Å². The first kappa shape index (κ1) is 20.8. The van der Waals surface area contributed by atoms with Gasteiger partial charge in [-0.1, -0.05) is 59.6 Å². The molecule has 1 heterocycles. The van der Waals surface area contributed by atoms with Crippen LogP contribution >= 0.6 is 23.2 Å². The maximum atomic E-state index is 12.2. The molecular weight excluding hydrogens is 395 g/mol. The molecule has 1 amide bonds. The second-order valence-corrected chi connectivity index (χ2v) is 7.71. The van der Waals surface area contributed by atoms with Crippen molar-refractivity contribution in [1.82, 2.24) is 15.2 Å². The molecule has 7 heteroatoms. The van der Waals surface area contributed by atoms with Crippen LogP contribution in [0.3, 0.4) is 0 Å². The van der Waals surface area contributed by atoms with Crippen LogP contribution in [0.1, 0.15) is 18.1 Å². The Morgan fingerprint density at radius 3 is 2.36 bits per heavy atom. The first-order valence-electron chi connectivity index (χ1n) is 9.28. The molecule has 0 atom stereocenters. The van der Waals surface area contributed by atoms with Crippen molar-refractivity contribution < 1.29 is 4.79 Å². The van der Waals surface area contributed by atoms with E-state index in [0.717, 1.165) is 38.3 Å². The molecule has 1 saturated heterocycles. The summed E-state index contributed by atoms with van der Waals surface area (Å²) in [4.78, 5) is 16.8. The third-order valence-corrected chi connectivity index (χ3v) is 5.51. The Morgan fingerprint density at radius 2 is 1.68 bits per heavy atom. The van der Waals surface area contributed by atoms with Crippen LogP contribution in [0.2, 0.25) is 10.0 Å². The number of halogens is 2. The van der Waals surface area contributed by atoms with E-state index in [-0.39, 0.29) is 5.91 Å². The van der Waals surface area contributed by atoms with Crippen LogP contribution in [0.4, 0.5) is 0 Å². The summed E-state index contributed by atoms with van der Waals surface area (Å²) < 4.78 is 0. The van der Waals surface area contributed by atoms with Gasteiger partial charge < -0.3 is 0 Å². The number of hydrogen-bond donors (Lipinski definition) is 1. The fraction of sp³-hybridized carbons (Fsp3) is 0.333. The highest BCUT2D eigenvalue weighted by Gasteiger charge is 2.18.